The van der Waals surface area contributed by atoms with Crippen LogP contribution in [-0.4, -0.2) is 12.6 Å². The number of esters is 1. The Morgan fingerprint density at radius 2 is 1.64 bits per heavy atom. The van der Waals surface area contributed by atoms with Gasteiger partial charge in [0.1, 0.15) is 29.0 Å². The smallest absolute Gasteiger partial charge is 0.343 e. The molecule has 144 valence electrons. The fraction of sp³-hybridized carbons (Fsp3) is 0.348. The maximum atomic E-state index is 12.4. The summed E-state index contributed by atoms with van der Waals surface area (Å²) >= 11 is 0. The molecule has 2 rings (SSSR count). The molecule has 0 aliphatic rings. The number of unbranched alkanes of at least 4 members (excludes halogenated alkanes) is 4. The van der Waals surface area contributed by atoms with Gasteiger partial charge < -0.3 is 9.47 Å². The summed E-state index contributed by atoms with van der Waals surface area (Å²) in [5, 5.41) is 19.0. The molecule has 0 aliphatic heterocycles. The minimum absolute atomic E-state index is 0.00647. The van der Waals surface area contributed by atoms with E-state index >= 15 is 0 Å². The molecule has 5 nitrogen and oxygen atoms in total. The van der Waals surface area contributed by atoms with Gasteiger partial charge in [-0.15, -0.1) is 0 Å². The molecule has 0 unspecified atom stereocenters. The van der Waals surface area contributed by atoms with Crippen molar-refractivity contribution in [3.05, 3.63) is 58.7 Å². The van der Waals surface area contributed by atoms with Gasteiger partial charge in [-0.2, -0.15) is 10.5 Å². The molecule has 0 spiro atoms. The highest BCUT2D eigenvalue weighted by atomic mass is 16.5. The lowest BCUT2D eigenvalue weighted by molar-refractivity contribution is 0.0734. The highest BCUT2D eigenvalue weighted by Gasteiger charge is 2.18. The summed E-state index contributed by atoms with van der Waals surface area (Å²) in [6, 6.07) is 14.0. The molecule has 0 heterocycles. The Kier molecular flexibility index (Phi) is 8.06. The lowest BCUT2D eigenvalue weighted by atomic mass is 10.1. The number of benzene rings is 2. The Balaban J connectivity index is 2.13. The van der Waals surface area contributed by atoms with Crippen LogP contribution in [0.1, 0.15) is 66.1 Å². The zero-order valence-electron chi connectivity index (χ0n) is 16.3. The van der Waals surface area contributed by atoms with E-state index in [1.807, 2.05) is 25.1 Å². The second-order valence-corrected chi connectivity index (χ2v) is 6.56. The third kappa shape index (κ3) is 5.59. The van der Waals surface area contributed by atoms with Crippen molar-refractivity contribution in [2.75, 3.05) is 6.61 Å². The van der Waals surface area contributed by atoms with Gasteiger partial charge in [0.2, 0.25) is 0 Å². The molecule has 28 heavy (non-hydrogen) atoms. The number of hydrogen-bond donors (Lipinski definition) is 0. The molecular formula is C23H24N2O3. The number of hydrogen-bond acceptors (Lipinski definition) is 5. The van der Waals surface area contributed by atoms with Crippen LogP contribution in [0, 0.1) is 29.6 Å². The van der Waals surface area contributed by atoms with Gasteiger partial charge in [-0.3, -0.25) is 0 Å². The number of carbonyl (C=O) groups is 1. The molecule has 0 atom stereocenters. The fourth-order valence-electron chi connectivity index (χ4n) is 2.81. The molecule has 5 heteroatoms. The molecule has 0 amide bonds. The van der Waals surface area contributed by atoms with Crippen molar-refractivity contribution in [3.8, 4) is 23.6 Å². The Labute approximate surface area is 166 Å². The van der Waals surface area contributed by atoms with Crippen LogP contribution in [0.3, 0.4) is 0 Å². The summed E-state index contributed by atoms with van der Waals surface area (Å²) in [6.07, 6.45) is 5.48. The predicted octanol–water partition coefficient (Wildman–Crippen LogP) is 5.31. The van der Waals surface area contributed by atoms with E-state index in [0.29, 0.717) is 17.9 Å². The van der Waals surface area contributed by atoms with E-state index in [2.05, 4.69) is 6.92 Å². The summed E-state index contributed by atoms with van der Waals surface area (Å²) in [5.41, 5.74) is 1.41. The first kappa shape index (κ1) is 21.0. The number of carbonyl (C=O) groups excluding carboxylic acids is 1. The van der Waals surface area contributed by atoms with Gasteiger partial charge >= 0.3 is 5.97 Å². The molecule has 0 saturated heterocycles. The maximum absolute atomic E-state index is 12.4. The van der Waals surface area contributed by atoms with E-state index in [4.69, 9.17) is 9.47 Å². The minimum atomic E-state index is -0.575. The average molecular weight is 376 g/mol. The maximum Gasteiger partial charge on any atom is 0.343 e. The molecule has 0 bridgehead atoms. The van der Waals surface area contributed by atoms with E-state index in [1.54, 1.807) is 24.3 Å². The monoisotopic (exact) mass is 376 g/mol. The van der Waals surface area contributed by atoms with Crippen molar-refractivity contribution < 1.29 is 14.3 Å². The van der Waals surface area contributed by atoms with Crippen LogP contribution in [0.5, 0.6) is 11.5 Å². The predicted molar refractivity (Wildman–Crippen MR) is 106 cm³/mol. The van der Waals surface area contributed by atoms with Crippen LogP contribution in [-0.2, 0) is 0 Å². The molecule has 0 aliphatic carbocycles. The van der Waals surface area contributed by atoms with Gasteiger partial charge in [0, 0.05) is 0 Å². The summed E-state index contributed by atoms with van der Waals surface area (Å²) in [6.45, 7) is 4.51. The van der Waals surface area contributed by atoms with E-state index in [9.17, 15) is 15.3 Å². The van der Waals surface area contributed by atoms with E-state index in [0.717, 1.165) is 24.8 Å². The van der Waals surface area contributed by atoms with Crippen LogP contribution >= 0.6 is 0 Å². The zero-order chi connectivity index (χ0) is 20.4. The number of ether oxygens (including phenoxy) is 2. The first-order chi connectivity index (χ1) is 13.6. The summed E-state index contributed by atoms with van der Waals surface area (Å²) in [7, 11) is 0. The Bertz CT molecular complexity index is 907. The second-order valence-electron chi connectivity index (χ2n) is 6.56. The van der Waals surface area contributed by atoms with Gasteiger partial charge in [0.25, 0.3) is 0 Å². The lowest BCUT2D eigenvalue weighted by Gasteiger charge is -2.12. The van der Waals surface area contributed by atoms with Gasteiger partial charge in [-0.25, -0.2) is 4.79 Å². The molecular weight excluding hydrogens is 352 g/mol. The van der Waals surface area contributed by atoms with E-state index in [-0.39, 0.29) is 16.9 Å². The Morgan fingerprint density at radius 1 is 0.964 bits per heavy atom. The standard InChI is InChI=1S/C23H24N2O3/c1-3-4-5-6-7-13-27-21-11-12-22(20(16-25)19(21)15-24)28-23(26)18-10-8-9-17(2)14-18/h8-12,14H,3-7,13H2,1-2H3. The number of rotatable bonds is 9. The molecule has 0 saturated carbocycles. The number of aryl methyl sites for hydroxylation is 1. The average Bonchev–Trinajstić information content (AvgIpc) is 2.70. The molecule has 0 fully saturated rings. The van der Waals surface area contributed by atoms with Gasteiger partial charge in [-0.1, -0.05) is 50.3 Å². The van der Waals surface area contributed by atoms with Crippen molar-refractivity contribution in [3.63, 3.8) is 0 Å². The van der Waals surface area contributed by atoms with Crippen LogP contribution < -0.4 is 9.47 Å². The highest BCUT2D eigenvalue weighted by Crippen LogP contribution is 2.30. The number of nitrogens with zero attached hydrogens (tertiary/aromatic N) is 2. The third-order valence-electron chi connectivity index (χ3n) is 4.31. The molecule has 0 aromatic heterocycles. The molecule has 2 aromatic rings. The number of nitriles is 2. The highest BCUT2D eigenvalue weighted by molar-refractivity contribution is 5.91. The van der Waals surface area contributed by atoms with Crippen LogP contribution in [0.15, 0.2) is 36.4 Å². The summed E-state index contributed by atoms with van der Waals surface area (Å²) in [5.74, 6) is -0.181. The quantitative estimate of drug-likeness (QED) is 0.336. The van der Waals surface area contributed by atoms with Crippen molar-refractivity contribution >= 4 is 5.97 Å². The van der Waals surface area contributed by atoms with E-state index < -0.39 is 5.97 Å². The largest absolute Gasteiger partial charge is 0.492 e. The third-order valence-corrected chi connectivity index (χ3v) is 4.31. The fourth-order valence-corrected chi connectivity index (χ4v) is 2.81. The first-order valence-electron chi connectivity index (χ1n) is 9.49. The minimum Gasteiger partial charge on any atom is -0.492 e. The lowest BCUT2D eigenvalue weighted by Crippen LogP contribution is -2.10. The Morgan fingerprint density at radius 3 is 2.32 bits per heavy atom. The van der Waals surface area contributed by atoms with Crippen molar-refractivity contribution in [1.29, 1.82) is 10.5 Å². The Hall–Kier alpha value is -3.31. The van der Waals surface area contributed by atoms with Crippen molar-refractivity contribution in [1.82, 2.24) is 0 Å². The molecule has 0 N–H and O–H groups in total. The topological polar surface area (TPSA) is 83.1 Å². The van der Waals surface area contributed by atoms with Crippen LogP contribution in [0.4, 0.5) is 0 Å². The van der Waals surface area contributed by atoms with Crippen molar-refractivity contribution in [2.24, 2.45) is 0 Å². The van der Waals surface area contributed by atoms with Gasteiger partial charge in [0.15, 0.2) is 5.75 Å². The second kappa shape index (κ2) is 10.7. The van der Waals surface area contributed by atoms with Crippen LogP contribution in [0.25, 0.3) is 0 Å². The van der Waals surface area contributed by atoms with E-state index in [1.165, 1.54) is 18.9 Å². The summed E-state index contributed by atoms with van der Waals surface area (Å²) in [4.78, 5) is 12.4. The van der Waals surface area contributed by atoms with Gasteiger partial charge in [-0.05, 0) is 37.6 Å². The van der Waals surface area contributed by atoms with Crippen LogP contribution in [0.2, 0.25) is 0 Å². The normalized spacial score (nSPS) is 10.0. The van der Waals surface area contributed by atoms with Crippen molar-refractivity contribution in [2.45, 2.75) is 46.0 Å². The SMILES string of the molecule is CCCCCCCOc1ccc(OC(=O)c2cccc(C)c2)c(C#N)c1C#N. The summed E-state index contributed by atoms with van der Waals surface area (Å²) < 4.78 is 11.1. The zero-order valence-corrected chi connectivity index (χ0v) is 16.3. The first-order valence-corrected chi connectivity index (χ1v) is 9.49. The molecule has 2 aromatic carbocycles. The van der Waals surface area contributed by atoms with Gasteiger partial charge in [0.05, 0.1) is 12.2 Å². The molecule has 0 radical (unpaired) electrons.